The maximum Gasteiger partial charge on any atom is 0.284 e. The Labute approximate surface area is 121 Å². The summed E-state index contributed by atoms with van der Waals surface area (Å²) in [6.07, 6.45) is 0. The Kier molecular flexibility index (Phi) is 4.24. The number of methoxy groups -OCH3 is 2. The summed E-state index contributed by atoms with van der Waals surface area (Å²) in [6, 6.07) is 5.21. The van der Waals surface area contributed by atoms with Crippen molar-refractivity contribution in [3.8, 4) is 11.5 Å². The number of anilines is 1. The van der Waals surface area contributed by atoms with Crippen LogP contribution in [-0.4, -0.2) is 25.1 Å². The summed E-state index contributed by atoms with van der Waals surface area (Å²) >= 11 is 1.38. The molecule has 1 N–H and O–H groups in total. The van der Waals surface area contributed by atoms with Crippen LogP contribution >= 0.6 is 11.3 Å². The van der Waals surface area contributed by atoms with Gasteiger partial charge in [-0.25, -0.2) is 4.98 Å². The topological polar surface area (TPSA) is 60.5 Å². The van der Waals surface area contributed by atoms with Gasteiger partial charge in [0.15, 0.2) is 16.5 Å². The van der Waals surface area contributed by atoms with E-state index in [1.54, 1.807) is 32.4 Å². The molecule has 1 aromatic heterocycles. The van der Waals surface area contributed by atoms with Crippen molar-refractivity contribution in [2.45, 2.75) is 13.8 Å². The molecule has 2 rings (SSSR count). The van der Waals surface area contributed by atoms with Gasteiger partial charge in [0.25, 0.3) is 5.91 Å². The fourth-order valence-corrected chi connectivity index (χ4v) is 2.48. The van der Waals surface area contributed by atoms with Crippen LogP contribution in [0.25, 0.3) is 0 Å². The first kappa shape index (κ1) is 14.3. The van der Waals surface area contributed by atoms with Crippen molar-refractivity contribution >= 4 is 22.9 Å². The third kappa shape index (κ3) is 2.91. The Morgan fingerprint density at radius 2 is 1.90 bits per heavy atom. The zero-order valence-corrected chi connectivity index (χ0v) is 12.6. The zero-order valence-electron chi connectivity index (χ0n) is 11.8. The molecule has 2 aromatic rings. The maximum atomic E-state index is 12.1. The van der Waals surface area contributed by atoms with Crippen LogP contribution in [0.1, 0.15) is 20.4 Å². The standard InChI is InChI=1S/C14H16N2O3S/c1-8-9(2)20-14(15-8)13(17)16-10-5-6-11(18-3)12(7-10)19-4/h5-7H,1-4H3,(H,16,17). The van der Waals surface area contributed by atoms with Crippen LogP contribution in [-0.2, 0) is 0 Å². The number of aromatic nitrogens is 1. The molecular formula is C14H16N2O3S. The van der Waals surface area contributed by atoms with Crippen molar-refractivity contribution in [3.63, 3.8) is 0 Å². The first-order chi connectivity index (χ1) is 9.55. The van der Waals surface area contributed by atoms with E-state index in [0.29, 0.717) is 22.2 Å². The molecular weight excluding hydrogens is 276 g/mol. The molecule has 0 saturated carbocycles. The highest BCUT2D eigenvalue weighted by molar-refractivity contribution is 7.13. The fourth-order valence-electron chi connectivity index (χ4n) is 1.67. The van der Waals surface area contributed by atoms with Crippen molar-refractivity contribution in [1.82, 2.24) is 4.98 Å². The molecule has 1 amide bonds. The molecule has 6 heteroatoms. The number of thiazole rings is 1. The van der Waals surface area contributed by atoms with E-state index in [1.807, 2.05) is 13.8 Å². The third-order valence-electron chi connectivity index (χ3n) is 2.86. The predicted molar refractivity (Wildman–Crippen MR) is 79.1 cm³/mol. The van der Waals surface area contributed by atoms with Gasteiger partial charge in [0.2, 0.25) is 0 Å². The molecule has 20 heavy (non-hydrogen) atoms. The second-order valence-electron chi connectivity index (χ2n) is 4.18. The number of hydrogen-bond acceptors (Lipinski definition) is 5. The number of ether oxygens (including phenoxy) is 2. The summed E-state index contributed by atoms with van der Waals surface area (Å²) in [5.74, 6) is 0.960. The molecule has 1 heterocycles. The van der Waals surface area contributed by atoms with E-state index in [2.05, 4.69) is 10.3 Å². The summed E-state index contributed by atoms with van der Waals surface area (Å²) in [5.41, 5.74) is 1.52. The summed E-state index contributed by atoms with van der Waals surface area (Å²) in [5, 5.41) is 3.25. The smallest absolute Gasteiger partial charge is 0.284 e. The van der Waals surface area contributed by atoms with E-state index in [0.717, 1.165) is 10.6 Å². The van der Waals surface area contributed by atoms with Gasteiger partial charge in [-0.15, -0.1) is 11.3 Å². The quantitative estimate of drug-likeness (QED) is 0.941. The highest BCUT2D eigenvalue weighted by Crippen LogP contribution is 2.30. The van der Waals surface area contributed by atoms with Crippen molar-refractivity contribution in [3.05, 3.63) is 33.8 Å². The van der Waals surface area contributed by atoms with Gasteiger partial charge in [0.05, 0.1) is 19.9 Å². The lowest BCUT2D eigenvalue weighted by Gasteiger charge is -2.09. The number of benzene rings is 1. The highest BCUT2D eigenvalue weighted by Gasteiger charge is 2.13. The fraction of sp³-hybridized carbons (Fsp3) is 0.286. The van der Waals surface area contributed by atoms with E-state index in [1.165, 1.54) is 11.3 Å². The number of nitrogens with one attached hydrogen (secondary N) is 1. The van der Waals surface area contributed by atoms with E-state index in [-0.39, 0.29) is 5.91 Å². The lowest BCUT2D eigenvalue weighted by atomic mass is 10.2. The van der Waals surface area contributed by atoms with Crippen LogP contribution in [0.2, 0.25) is 0 Å². The van der Waals surface area contributed by atoms with Crippen LogP contribution < -0.4 is 14.8 Å². The predicted octanol–water partition coefficient (Wildman–Crippen LogP) is 3.03. The Morgan fingerprint density at radius 1 is 1.20 bits per heavy atom. The molecule has 5 nitrogen and oxygen atoms in total. The first-order valence-electron chi connectivity index (χ1n) is 6.02. The lowest BCUT2D eigenvalue weighted by Crippen LogP contribution is -2.11. The van der Waals surface area contributed by atoms with E-state index in [4.69, 9.17) is 9.47 Å². The number of nitrogens with zero attached hydrogens (tertiary/aromatic N) is 1. The van der Waals surface area contributed by atoms with Gasteiger partial charge in [-0.1, -0.05) is 0 Å². The van der Waals surface area contributed by atoms with E-state index < -0.39 is 0 Å². The average molecular weight is 292 g/mol. The molecule has 0 aliphatic heterocycles. The maximum absolute atomic E-state index is 12.1. The van der Waals surface area contributed by atoms with Crippen molar-refractivity contribution in [1.29, 1.82) is 0 Å². The molecule has 0 bridgehead atoms. The number of aryl methyl sites for hydroxylation is 2. The summed E-state index contributed by atoms with van der Waals surface area (Å²) in [7, 11) is 3.12. The first-order valence-corrected chi connectivity index (χ1v) is 6.84. The Balaban J connectivity index is 2.19. The van der Waals surface area contributed by atoms with Crippen LogP contribution in [0.3, 0.4) is 0 Å². The van der Waals surface area contributed by atoms with Crippen LogP contribution in [0.5, 0.6) is 11.5 Å². The van der Waals surface area contributed by atoms with Gasteiger partial charge in [0, 0.05) is 16.6 Å². The van der Waals surface area contributed by atoms with Gasteiger partial charge in [-0.2, -0.15) is 0 Å². The number of carbonyl (C=O) groups is 1. The molecule has 0 atom stereocenters. The van der Waals surface area contributed by atoms with Crippen molar-refractivity contribution < 1.29 is 14.3 Å². The second kappa shape index (κ2) is 5.92. The SMILES string of the molecule is COc1ccc(NC(=O)c2nc(C)c(C)s2)cc1OC. The number of hydrogen-bond donors (Lipinski definition) is 1. The average Bonchev–Trinajstić information content (AvgIpc) is 2.78. The Hall–Kier alpha value is -2.08. The van der Waals surface area contributed by atoms with Crippen LogP contribution in [0.4, 0.5) is 5.69 Å². The minimum Gasteiger partial charge on any atom is -0.493 e. The Morgan fingerprint density at radius 3 is 2.45 bits per heavy atom. The lowest BCUT2D eigenvalue weighted by molar-refractivity contribution is 0.102. The van der Waals surface area contributed by atoms with E-state index >= 15 is 0 Å². The van der Waals surface area contributed by atoms with Crippen LogP contribution in [0.15, 0.2) is 18.2 Å². The zero-order chi connectivity index (χ0) is 14.7. The molecule has 0 radical (unpaired) electrons. The molecule has 0 unspecified atom stereocenters. The van der Waals surface area contributed by atoms with Gasteiger partial charge in [-0.3, -0.25) is 4.79 Å². The molecule has 1 aromatic carbocycles. The summed E-state index contributed by atoms with van der Waals surface area (Å²) in [6.45, 7) is 3.83. The normalized spacial score (nSPS) is 10.2. The van der Waals surface area contributed by atoms with Crippen molar-refractivity contribution in [2.75, 3.05) is 19.5 Å². The third-order valence-corrected chi connectivity index (χ3v) is 3.94. The summed E-state index contributed by atoms with van der Waals surface area (Å²) < 4.78 is 10.3. The number of amides is 1. The number of carbonyl (C=O) groups excluding carboxylic acids is 1. The molecule has 0 spiro atoms. The largest absolute Gasteiger partial charge is 0.493 e. The minimum absolute atomic E-state index is 0.224. The molecule has 0 aliphatic rings. The van der Waals surface area contributed by atoms with Gasteiger partial charge in [-0.05, 0) is 26.0 Å². The Bertz CT molecular complexity index is 618. The molecule has 0 fully saturated rings. The second-order valence-corrected chi connectivity index (χ2v) is 5.39. The van der Waals surface area contributed by atoms with Gasteiger partial charge >= 0.3 is 0 Å². The minimum atomic E-state index is -0.224. The molecule has 106 valence electrons. The molecule has 0 aliphatic carbocycles. The van der Waals surface area contributed by atoms with E-state index in [9.17, 15) is 4.79 Å². The van der Waals surface area contributed by atoms with Gasteiger partial charge in [0.1, 0.15) is 0 Å². The van der Waals surface area contributed by atoms with Crippen LogP contribution in [0, 0.1) is 13.8 Å². The number of rotatable bonds is 4. The summed E-state index contributed by atoms with van der Waals surface area (Å²) in [4.78, 5) is 17.4. The molecule has 0 saturated heterocycles. The highest BCUT2D eigenvalue weighted by atomic mass is 32.1. The monoisotopic (exact) mass is 292 g/mol. The van der Waals surface area contributed by atoms with Gasteiger partial charge < -0.3 is 14.8 Å². The van der Waals surface area contributed by atoms with Crippen molar-refractivity contribution in [2.24, 2.45) is 0 Å².